The molecular weight excluding hydrogens is 351 g/mol. The summed E-state index contributed by atoms with van der Waals surface area (Å²) in [6, 6.07) is 0.455. The van der Waals surface area contributed by atoms with Gasteiger partial charge in [0.15, 0.2) is 6.17 Å². The van der Waals surface area contributed by atoms with E-state index in [0.717, 1.165) is 26.1 Å². The molecule has 9 nitrogen and oxygen atoms in total. The van der Waals surface area contributed by atoms with Gasteiger partial charge in [0.25, 0.3) is 0 Å². The average molecular weight is 385 g/mol. The average Bonchev–Trinajstić information content (AvgIpc) is 3.14. The zero-order chi connectivity index (χ0) is 19.1. The molecule has 4 aliphatic rings. The number of amides is 1. The van der Waals surface area contributed by atoms with Crippen molar-refractivity contribution in [3.63, 3.8) is 0 Å². The number of nitrogens with zero attached hydrogens (tertiary/aromatic N) is 2. The highest BCUT2D eigenvalue weighted by Crippen LogP contribution is 2.26. The van der Waals surface area contributed by atoms with Crippen LogP contribution in [-0.2, 0) is 4.79 Å². The maximum atomic E-state index is 13.6. The molecular formula is C17H33FN8O. The van der Waals surface area contributed by atoms with Crippen LogP contribution in [0.3, 0.4) is 0 Å². The number of rotatable bonds is 3. The summed E-state index contributed by atoms with van der Waals surface area (Å²) in [5.74, 6) is -0.157. The van der Waals surface area contributed by atoms with Gasteiger partial charge >= 0.3 is 0 Å². The number of carbonyl (C=O) groups is 1. The molecule has 0 aromatic rings. The van der Waals surface area contributed by atoms with E-state index in [4.69, 9.17) is 5.73 Å². The third-order valence-electron chi connectivity index (χ3n) is 6.81. The Morgan fingerprint density at radius 3 is 2.89 bits per heavy atom. The molecule has 9 atom stereocenters. The van der Waals surface area contributed by atoms with Crippen LogP contribution < -0.4 is 32.0 Å². The Morgan fingerprint density at radius 2 is 2.15 bits per heavy atom. The summed E-state index contributed by atoms with van der Waals surface area (Å²) in [4.78, 5) is 15.5. The van der Waals surface area contributed by atoms with E-state index in [0.29, 0.717) is 23.1 Å². The van der Waals surface area contributed by atoms with Crippen LogP contribution in [0.4, 0.5) is 4.39 Å². The Morgan fingerprint density at radius 1 is 1.33 bits per heavy atom. The van der Waals surface area contributed by atoms with Gasteiger partial charge in [0.2, 0.25) is 5.91 Å². The van der Waals surface area contributed by atoms with Crippen LogP contribution in [0.1, 0.15) is 13.3 Å². The second-order valence-electron chi connectivity index (χ2n) is 8.41. The predicted molar refractivity (Wildman–Crippen MR) is 99.3 cm³/mol. The Bertz CT molecular complexity index is 553. The predicted octanol–water partition coefficient (Wildman–Crippen LogP) is -3.31. The van der Waals surface area contributed by atoms with Crippen molar-refractivity contribution >= 4 is 5.91 Å². The molecule has 4 saturated heterocycles. The molecule has 4 rings (SSSR count). The fourth-order valence-corrected chi connectivity index (χ4v) is 5.14. The summed E-state index contributed by atoms with van der Waals surface area (Å²) in [6.45, 7) is 5.36. The Hall–Kier alpha value is -0.880. The lowest BCUT2D eigenvalue weighted by Crippen LogP contribution is -3.15. The minimum atomic E-state index is -0.951. The van der Waals surface area contributed by atoms with Crippen molar-refractivity contribution in [2.24, 2.45) is 17.6 Å². The van der Waals surface area contributed by atoms with E-state index >= 15 is 0 Å². The van der Waals surface area contributed by atoms with Crippen LogP contribution >= 0.6 is 0 Å². The van der Waals surface area contributed by atoms with Crippen molar-refractivity contribution in [2.75, 3.05) is 39.8 Å². The number of fused-ring (bicyclic) bond motifs is 1. The van der Waals surface area contributed by atoms with Crippen LogP contribution in [-0.4, -0.2) is 87.3 Å². The monoisotopic (exact) mass is 384 g/mol. The summed E-state index contributed by atoms with van der Waals surface area (Å²) in [5.41, 5.74) is 10.5. The molecule has 0 aromatic heterocycles. The quantitative estimate of drug-likeness (QED) is 0.304. The highest BCUT2D eigenvalue weighted by atomic mass is 19.1. The van der Waals surface area contributed by atoms with Crippen LogP contribution in [0.5, 0.6) is 0 Å². The Kier molecular flexibility index (Phi) is 5.66. The molecule has 4 fully saturated rings. The number of likely N-dealkylation sites (N-methyl/N-ethyl adjacent to an activating group) is 1. The van der Waals surface area contributed by atoms with Gasteiger partial charge in [-0.1, -0.05) is 0 Å². The molecule has 0 aliphatic carbocycles. The van der Waals surface area contributed by atoms with Crippen molar-refractivity contribution in [1.29, 1.82) is 0 Å². The van der Waals surface area contributed by atoms with E-state index in [2.05, 4.69) is 45.6 Å². The first kappa shape index (κ1) is 19.4. The van der Waals surface area contributed by atoms with E-state index in [-0.39, 0.29) is 31.2 Å². The minimum absolute atomic E-state index is 0.0552. The lowest BCUT2D eigenvalue weighted by atomic mass is 9.85. The van der Waals surface area contributed by atoms with E-state index in [1.165, 1.54) is 0 Å². The summed E-state index contributed by atoms with van der Waals surface area (Å²) in [7, 11) is 2.14. The largest absolute Gasteiger partial charge is 0.436 e. The van der Waals surface area contributed by atoms with Crippen molar-refractivity contribution in [1.82, 2.24) is 26.2 Å². The summed E-state index contributed by atoms with van der Waals surface area (Å²) in [5, 5.41) is 14.0. The zero-order valence-electron chi connectivity index (χ0n) is 16.1. The summed E-state index contributed by atoms with van der Waals surface area (Å²) in [6.07, 6.45) is -0.418. The molecule has 1 amide bonds. The maximum absolute atomic E-state index is 13.6. The van der Waals surface area contributed by atoms with Crippen molar-refractivity contribution in [3.05, 3.63) is 5.43 Å². The number of hydrogen-bond acceptors (Lipinski definition) is 6. The Balaban J connectivity index is 1.43. The second kappa shape index (κ2) is 7.86. The van der Waals surface area contributed by atoms with Gasteiger partial charge < -0.3 is 32.1 Å². The first-order chi connectivity index (χ1) is 13.0. The van der Waals surface area contributed by atoms with Crippen LogP contribution in [0, 0.1) is 11.8 Å². The van der Waals surface area contributed by atoms with Gasteiger partial charge in [-0.15, -0.1) is 0 Å². The number of halogens is 1. The van der Waals surface area contributed by atoms with Crippen LogP contribution in [0.2, 0.25) is 0 Å². The van der Waals surface area contributed by atoms with Gasteiger partial charge in [-0.3, -0.25) is 15.0 Å². The number of nitrogens with two attached hydrogens (primary N) is 1. The smallest absolute Gasteiger partial charge is 0.230 e. The number of carbonyl (C=O) groups excluding carboxylic acids is 1. The summed E-state index contributed by atoms with van der Waals surface area (Å²) < 4.78 is 13.6. The topological polar surface area (TPSA) is 113 Å². The molecule has 0 spiro atoms. The van der Waals surface area contributed by atoms with Crippen LogP contribution in [0.15, 0.2) is 0 Å². The minimum Gasteiger partial charge on any atom is -0.436 e. The molecule has 4 heterocycles. The summed E-state index contributed by atoms with van der Waals surface area (Å²) >= 11 is 0. The third kappa shape index (κ3) is 3.71. The molecule has 27 heavy (non-hydrogen) atoms. The number of hydrogen-bond donors (Lipinski definition) is 6. The highest BCUT2D eigenvalue weighted by molar-refractivity contribution is 5.81. The number of piperidine rings is 1. The molecule has 0 saturated carbocycles. The van der Waals surface area contributed by atoms with E-state index in [1.54, 1.807) is 0 Å². The lowest BCUT2D eigenvalue weighted by Gasteiger charge is -2.40. The van der Waals surface area contributed by atoms with E-state index in [9.17, 15) is 9.18 Å². The lowest BCUT2D eigenvalue weighted by molar-refractivity contribution is -0.891. The highest BCUT2D eigenvalue weighted by Gasteiger charge is 2.46. The van der Waals surface area contributed by atoms with Gasteiger partial charge in [0.1, 0.15) is 18.6 Å². The molecule has 154 valence electrons. The van der Waals surface area contributed by atoms with Gasteiger partial charge in [-0.05, 0) is 39.0 Å². The van der Waals surface area contributed by atoms with Gasteiger partial charge in [-0.2, -0.15) is 0 Å². The third-order valence-corrected chi connectivity index (χ3v) is 6.81. The standard InChI is InChI=1S/C17H33FN8O/c1-9-21-7-13(25(9)2)11-3-4-20-6-12(11)23-17(27)14-15(19)24-26-8-10(18)5-22-16(14)26/h9-16,20-22,26H,3-8,19H2,1-2H3,(H,23,27). The van der Waals surface area contributed by atoms with E-state index < -0.39 is 18.3 Å². The van der Waals surface area contributed by atoms with Gasteiger partial charge in [-0.25, -0.2) is 4.39 Å². The van der Waals surface area contributed by atoms with Crippen LogP contribution in [0.25, 0.3) is 5.43 Å². The Labute approximate surface area is 159 Å². The molecule has 0 aromatic carbocycles. The molecule has 0 bridgehead atoms. The SMILES string of the molecule is CC1NCC(C2CCNCC2NC(=O)C2C(N)[N-][NH+]3CC(F)CNC23)N1C. The van der Waals surface area contributed by atoms with Gasteiger partial charge in [0.05, 0.1) is 6.17 Å². The first-order valence-corrected chi connectivity index (χ1v) is 10.1. The number of quaternary nitrogens is 1. The van der Waals surface area contributed by atoms with E-state index in [1.807, 2.05) is 0 Å². The van der Waals surface area contributed by atoms with Crippen molar-refractivity contribution in [3.8, 4) is 0 Å². The second-order valence-corrected chi connectivity index (χ2v) is 8.41. The van der Waals surface area contributed by atoms with Crippen molar-refractivity contribution < 1.29 is 14.2 Å². The maximum Gasteiger partial charge on any atom is 0.230 e. The molecule has 7 N–H and O–H groups in total. The first-order valence-electron chi connectivity index (χ1n) is 10.1. The van der Waals surface area contributed by atoms with Gasteiger partial charge in [0, 0.05) is 31.7 Å². The molecule has 9 unspecified atom stereocenters. The molecule has 10 heteroatoms. The molecule has 0 radical (unpaired) electrons. The number of nitrogens with one attached hydrogen (secondary N) is 5. The van der Waals surface area contributed by atoms with Crippen molar-refractivity contribution in [2.45, 2.75) is 50.1 Å². The normalized spacial score (nSPS) is 48.4. The number of alkyl halides is 1. The zero-order valence-corrected chi connectivity index (χ0v) is 16.1. The molecule has 4 aliphatic heterocycles. The fourth-order valence-electron chi connectivity index (χ4n) is 5.14. The fraction of sp³-hybridized carbons (Fsp3) is 0.941.